The van der Waals surface area contributed by atoms with Gasteiger partial charge in [-0.05, 0) is 42.6 Å². The molecule has 1 fully saturated rings. The molecule has 0 saturated carbocycles. The van der Waals surface area contributed by atoms with Crippen molar-refractivity contribution in [2.45, 2.75) is 19.5 Å². The first-order chi connectivity index (χ1) is 16.0. The van der Waals surface area contributed by atoms with E-state index in [0.717, 1.165) is 30.9 Å². The number of rotatable bonds is 9. The second-order valence-corrected chi connectivity index (χ2v) is 8.42. The maximum absolute atomic E-state index is 12.8. The lowest BCUT2D eigenvalue weighted by Crippen LogP contribution is -2.48. The van der Waals surface area contributed by atoms with E-state index in [9.17, 15) is 13.6 Å². The number of hydrogen-bond acceptors (Lipinski definition) is 8. The molecule has 8 nitrogen and oxygen atoms in total. The minimum Gasteiger partial charge on any atom is -0.493 e. The highest BCUT2D eigenvalue weighted by Gasteiger charge is 2.23. The van der Waals surface area contributed by atoms with Gasteiger partial charge in [-0.15, -0.1) is 11.3 Å². The fraction of sp³-hybridized carbons (Fsp3) is 0.409. The molecule has 176 valence electrons. The normalized spacial score (nSPS) is 14.6. The Morgan fingerprint density at radius 3 is 2.73 bits per heavy atom. The van der Waals surface area contributed by atoms with Crippen LogP contribution in [0.25, 0.3) is 10.7 Å². The number of ether oxygens (including phenoxy) is 2. The van der Waals surface area contributed by atoms with Crippen molar-refractivity contribution in [2.75, 3.05) is 39.8 Å². The molecule has 0 spiro atoms. The zero-order valence-electron chi connectivity index (χ0n) is 18.1. The highest BCUT2D eigenvalue weighted by Crippen LogP contribution is 2.30. The monoisotopic (exact) mass is 478 g/mol. The van der Waals surface area contributed by atoms with E-state index in [1.54, 1.807) is 22.3 Å². The summed E-state index contributed by atoms with van der Waals surface area (Å²) in [5.74, 6) is 1.02. The van der Waals surface area contributed by atoms with Crippen molar-refractivity contribution in [3.63, 3.8) is 0 Å². The Morgan fingerprint density at radius 2 is 2.03 bits per heavy atom. The maximum atomic E-state index is 12.8. The fourth-order valence-corrected chi connectivity index (χ4v) is 4.32. The van der Waals surface area contributed by atoms with Gasteiger partial charge in [-0.25, -0.2) is 0 Å². The molecule has 3 aromatic rings. The predicted octanol–water partition coefficient (Wildman–Crippen LogP) is 3.80. The molecule has 2 aromatic heterocycles. The smallest absolute Gasteiger partial charge is 0.387 e. The van der Waals surface area contributed by atoms with Crippen LogP contribution in [0.4, 0.5) is 8.78 Å². The van der Waals surface area contributed by atoms with Crippen LogP contribution in [0.15, 0.2) is 40.2 Å². The van der Waals surface area contributed by atoms with Crippen molar-refractivity contribution in [3.05, 3.63) is 47.2 Å². The van der Waals surface area contributed by atoms with E-state index < -0.39 is 6.61 Å². The van der Waals surface area contributed by atoms with Gasteiger partial charge in [-0.2, -0.15) is 13.8 Å². The molecule has 11 heteroatoms. The summed E-state index contributed by atoms with van der Waals surface area (Å²) in [4.78, 5) is 22.3. The minimum absolute atomic E-state index is 0.153. The van der Waals surface area contributed by atoms with Crippen molar-refractivity contribution >= 4 is 17.2 Å². The molecule has 0 radical (unpaired) electrons. The third-order valence-electron chi connectivity index (χ3n) is 5.36. The highest BCUT2D eigenvalue weighted by molar-refractivity contribution is 7.13. The number of benzene rings is 1. The number of alkyl halides is 2. The van der Waals surface area contributed by atoms with Crippen LogP contribution in [0.5, 0.6) is 11.5 Å². The lowest BCUT2D eigenvalue weighted by molar-refractivity contribution is -0.0512. The maximum Gasteiger partial charge on any atom is 0.387 e. The zero-order valence-corrected chi connectivity index (χ0v) is 18.9. The molecule has 0 N–H and O–H groups in total. The van der Waals surface area contributed by atoms with Gasteiger partial charge in [0.05, 0.1) is 12.0 Å². The summed E-state index contributed by atoms with van der Waals surface area (Å²) in [6, 6.07) is 8.22. The quantitative estimate of drug-likeness (QED) is 0.463. The van der Waals surface area contributed by atoms with Crippen LogP contribution in [-0.4, -0.2) is 72.3 Å². The van der Waals surface area contributed by atoms with E-state index in [1.165, 1.54) is 19.2 Å². The number of piperazine rings is 1. The van der Waals surface area contributed by atoms with E-state index in [1.807, 2.05) is 17.5 Å². The number of hydrogen-bond donors (Lipinski definition) is 0. The topological polar surface area (TPSA) is 80.9 Å². The number of thiophene rings is 1. The molecule has 1 saturated heterocycles. The fourth-order valence-electron chi connectivity index (χ4n) is 3.67. The second kappa shape index (κ2) is 10.7. The standard InChI is InChI=1S/C22H24F2N4O4S/c1-30-16-7-6-15(14-17(16)31-22(23)24)21(29)28-11-9-27(10-12-28)8-2-5-19-25-20(26-32-19)18-4-3-13-33-18/h3-4,6-7,13-14,22H,2,5,8-12H2,1H3. The molecule has 4 rings (SSSR count). The molecular formula is C22H24F2N4O4S. The number of carbonyl (C=O) groups is 1. The molecule has 3 heterocycles. The van der Waals surface area contributed by atoms with Crippen LogP contribution in [-0.2, 0) is 6.42 Å². The Kier molecular flexibility index (Phi) is 7.50. The van der Waals surface area contributed by atoms with Crippen molar-refractivity contribution in [1.29, 1.82) is 0 Å². The lowest BCUT2D eigenvalue weighted by Gasteiger charge is -2.34. The number of carbonyl (C=O) groups excluding carboxylic acids is 1. The van der Waals surface area contributed by atoms with E-state index in [4.69, 9.17) is 9.26 Å². The van der Waals surface area contributed by atoms with Gasteiger partial charge < -0.3 is 18.9 Å². The third kappa shape index (κ3) is 5.85. The van der Waals surface area contributed by atoms with Crippen molar-refractivity contribution in [3.8, 4) is 22.2 Å². The molecule has 33 heavy (non-hydrogen) atoms. The van der Waals surface area contributed by atoms with Crippen LogP contribution in [0.2, 0.25) is 0 Å². The number of aromatic nitrogens is 2. The average Bonchev–Trinajstić information content (AvgIpc) is 3.51. The molecule has 0 bridgehead atoms. The van der Waals surface area contributed by atoms with Crippen LogP contribution >= 0.6 is 11.3 Å². The zero-order chi connectivity index (χ0) is 23.2. The molecule has 0 aliphatic carbocycles. The highest BCUT2D eigenvalue weighted by atomic mass is 32.1. The van der Waals surface area contributed by atoms with Gasteiger partial charge in [-0.1, -0.05) is 11.2 Å². The summed E-state index contributed by atoms with van der Waals surface area (Å²) < 4.78 is 40.1. The minimum atomic E-state index is -3.00. The molecular weight excluding hydrogens is 454 g/mol. The Bertz CT molecular complexity index is 1050. The predicted molar refractivity (Wildman–Crippen MR) is 118 cm³/mol. The molecule has 0 atom stereocenters. The van der Waals surface area contributed by atoms with Gasteiger partial charge in [0.2, 0.25) is 11.7 Å². The van der Waals surface area contributed by atoms with E-state index in [-0.39, 0.29) is 23.0 Å². The average molecular weight is 479 g/mol. The number of methoxy groups -OCH3 is 1. The lowest BCUT2D eigenvalue weighted by atomic mass is 10.1. The van der Waals surface area contributed by atoms with Gasteiger partial charge in [-0.3, -0.25) is 9.69 Å². The molecule has 0 unspecified atom stereocenters. The Labute approximate surface area is 193 Å². The number of amides is 1. The summed E-state index contributed by atoms with van der Waals surface area (Å²) in [5.41, 5.74) is 0.290. The third-order valence-corrected chi connectivity index (χ3v) is 6.23. The van der Waals surface area contributed by atoms with Gasteiger partial charge >= 0.3 is 6.61 Å². The molecule has 1 amide bonds. The largest absolute Gasteiger partial charge is 0.493 e. The summed E-state index contributed by atoms with van der Waals surface area (Å²) in [6.45, 7) is 0.423. The molecule has 1 aromatic carbocycles. The summed E-state index contributed by atoms with van der Waals surface area (Å²) in [7, 11) is 1.36. The first kappa shape index (κ1) is 23.1. The van der Waals surface area contributed by atoms with Crippen molar-refractivity contribution in [2.24, 2.45) is 0 Å². The van der Waals surface area contributed by atoms with Gasteiger partial charge in [0.25, 0.3) is 5.91 Å². The Balaban J connectivity index is 1.24. The first-order valence-corrected chi connectivity index (χ1v) is 11.4. The summed E-state index contributed by atoms with van der Waals surface area (Å²) in [5, 5.41) is 6.00. The Morgan fingerprint density at radius 1 is 1.21 bits per heavy atom. The number of nitrogens with zero attached hydrogens (tertiary/aromatic N) is 4. The number of aryl methyl sites for hydroxylation is 1. The second-order valence-electron chi connectivity index (χ2n) is 7.47. The van der Waals surface area contributed by atoms with Gasteiger partial charge in [0, 0.05) is 38.2 Å². The van der Waals surface area contributed by atoms with Gasteiger partial charge in [0.15, 0.2) is 11.5 Å². The SMILES string of the molecule is COc1ccc(C(=O)N2CCN(CCCc3nc(-c4cccs4)no3)CC2)cc1OC(F)F. The summed E-state index contributed by atoms with van der Waals surface area (Å²) >= 11 is 1.57. The van der Waals surface area contributed by atoms with Crippen LogP contribution in [0, 0.1) is 0 Å². The van der Waals surface area contributed by atoms with E-state index in [2.05, 4.69) is 19.8 Å². The van der Waals surface area contributed by atoms with Gasteiger partial charge in [0.1, 0.15) is 0 Å². The first-order valence-electron chi connectivity index (χ1n) is 10.5. The van der Waals surface area contributed by atoms with E-state index in [0.29, 0.717) is 31.2 Å². The van der Waals surface area contributed by atoms with Crippen LogP contribution in [0.3, 0.4) is 0 Å². The van der Waals surface area contributed by atoms with Crippen LogP contribution in [0.1, 0.15) is 22.7 Å². The molecule has 1 aliphatic heterocycles. The summed E-state index contributed by atoms with van der Waals surface area (Å²) in [6.07, 6.45) is 1.56. The van der Waals surface area contributed by atoms with Crippen molar-refractivity contribution in [1.82, 2.24) is 19.9 Å². The van der Waals surface area contributed by atoms with E-state index >= 15 is 0 Å². The van der Waals surface area contributed by atoms with Crippen LogP contribution < -0.4 is 9.47 Å². The Hall–Kier alpha value is -3.05. The van der Waals surface area contributed by atoms with Crippen molar-refractivity contribution < 1.29 is 27.6 Å². The molecule has 1 aliphatic rings. The number of halogens is 2.